The third-order valence-electron chi connectivity index (χ3n) is 4.37. The van der Waals surface area contributed by atoms with Crippen molar-refractivity contribution in [3.05, 3.63) is 60.7 Å². The molecule has 3 rings (SSSR count). The Bertz CT molecular complexity index is 1070. The molecule has 6 nitrogen and oxygen atoms in total. The molecule has 1 heterocycles. The standard InChI is InChI=1S/C21H23N3O3S2/c1-3-15(2)22-18(25)14-28-20-21(29(26,27)17-12-8-5-9-13-17)24-19(23-20)16-10-6-4-7-11-16/h4-13,15H,3,14H2,1-2H3,(H,22,25)(H,23,24)/t15-/m1/s1. The quantitative estimate of drug-likeness (QED) is 0.530. The molecule has 1 aromatic heterocycles. The molecule has 0 radical (unpaired) electrons. The Morgan fingerprint density at radius 3 is 2.34 bits per heavy atom. The number of imidazole rings is 1. The van der Waals surface area contributed by atoms with Gasteiger partial charge in [-0.15, -0.1) is 0 Å². The molecule has 0 bridgehead atoms. The Kier molecular flexibility index (Phi) is 6.76. The molecule has 0 unspecified atom stereocenters. The van der Waals surface area contributed by atoms with E-state index in [1.165, 1.54) is 0 Å². The van der Waals surface area contributed by atoms with Crippen LogP contribution in [0.5, 0.6) is 0 Å². The second kappa shape index (κ2) is 9.28. The summed E-state index contributed by atoms with van der Waals surface area (Å²) in [5, 5.41) is 3.17. The van der Waals surface area contributed by atoms with Gasteiger partial charge in [-0.3, -0.25) is 4.79 Å². The highest BCUT2D eigenvalue weighted by Gasteiger charge is 2.26. The topological polar surface area (TPSA) is 91.9 Å². The van der Waals surface area contributed by atoms with E-state index in [0.717, 1.165) is 23.7 Å². The second-order valence-corrected chi connectivity index (χ2v) is 9.42. The molecule has 3 aromatic rings. The van der Waals surface area contributed by atoms with E-state index in [2.05, 4.69) is 15.3 Å². The average Bonchev–Trinajstić information content (AvgIpc) is 3.18. The Labute approximate surface area is 175 Å². The highest BCUT2D eigenvalue weighted by Crippen LogP contribution is 2.31. The van der Waals surface area contributed by atoms with Gasteiger partial charge in [0.05, 0.1) is 10.6 Å². The number of rotatable bonds is 8. The SMILES string of the molecule is CC[C@@H](C)NC(=O)CSc1nc(-c2ccccc2)[nH]c1S(=O)(=O)c1ccccc1. The second-order valence-electron chi connectivity index (χ2n) is 6.57. The molecule has 152 valence electrons. The lowest BCUT2D eigenvalue weighted by Gasteiger charge is -2.10. The lowest BCUT2D eigenvalue weighted by Crippen LogP contribution is -2.33. The van der Waals surface area contributed by atoms with Gasteiger partial charge in [0, 0.05) is 11.6 Å². The number of aromatic nitrogens is 2. The molecule has 0 aliphatic carbocycles. The molecule has 0 spiro atoms. The van der Waals surface area contributed by atoms with E-state index in [1.807, 2.05) is 44.2 Å². The summed E-state index contributed by atoms with van der Waals surface area (Å²) < 4.78 is 26.4. The number of sulfone groups is 1. The van der Waals surface area contributed by atoms with Crippen LogP contribution >= 0.6 is 11.8 Å². The van der Waals surface area contributed by atoms with Gasteiger partial charge in [-0.2, -0.15) is 0 Å². The van der Waals surface area contributed by atoms with Gasteiger partial charge in [-0.25, -0.2) is 13.4 Å². The number of carbonyl (C=O) groups excluding carboxylic acids is 1. The molecule has 0 aliphatic rings. The minimum atomic E-state index is -3.80. The Morgan fingerprint density at radius 1 is 1.10 bits per heavy atom. The fraction of sp³-hybridized carbons (Fsp3) is 0.238. The number of amides is 1. The average molecular weight is 430 g/mol. The summed E-state index contributed by atoms with van der Waals surface area (Å²) in [5.74, 6) is 0.377. The molecule has 0 saturated heterocycles. The number of hydrogen-bond acceptors (Lipinski definition) is 5. The molecule has 1 atom stereocenters. The van der Waals surface area contributed by atoms with Crippen LogP contribution in [-0.2, 0) is 14.6 Å². The number of nitrogens with one attached hydrogen (secondary N) is 2. The lowest BCUT2D eigenvalue weighted by molar-refractivity contribution is -0.119. The molecule has 0 aliphatic heterocycles. The lowest BCUT2D eigenvalue weighted by atomic mass is 10.2. The van der Waals surface area contributed by atoms with Gasteiger partial charge in [-0.1, -0.05) is 67.2 Å². The van der Waals surface area contributed by atoms with Crippen molar-refractivity contribution in [3.8, 4) is 11.4 Å². The summed E-state index contributed by atoms with van der Waals surface area (Å²) in [6.45, 7) is 3.92. The van der Waals surface area contributed by atoms with Crippen LogP contribution in [0.2, 0.25) is 0 Å². The van der Waals surface area contributed by atoms with Gasteiger partial charge < -0.3 is 10.3 Å². The first-order chi connectivity index (χ1) is 13.9. The summed E-state index contributed by atoms with van der Waals surface area (Å²) in [6, 6.07) is 17.6. The summed E-state index contributed by atoms with van der Waals surface area (Å²) in [4.78, 5) is 19.8. The van der Waals surface area contributed by atoms with Crippen LogP contribution in [0.15, 0.2) is 75.6 Å². The van der Waals surface area contributed by atoms with Crippen LogP contribution in [0.4, 0.5) is 0 Å². The smallest absolute Gasteiger partial charge is 0.230 e. The maximum atomic E-state index is 13.2. The Balaban J connectivity index is 1.95. The van der Waals surface area contributed by atoms with E-state index < -0.39 is 9.84 Å². The molecule has 2 N–H and O–H groups in total. The van der Waals surface area contributed by atoms with E-state index in [4.69, 9.17) is 0 Å². The maximum absolute atomic E-state index is 13.2. The maximum Gasteiger partial charge on any atom is 0.230 e. The number of nitrogens with zero attached hydrogens (tertiary/aromatic N) is 1. The summed E-state index contributed by atoms with van der Waals surface area (Å²) >= 11 is 1.11. The highest BCUT2D eigenvalue weighted by atomic mass is 32.2. The minimum Gasteiger partial charge on any atom is -0.353 e. The van der Waals surface area contributed by atoms with Crippen LogP contribution < -0.4 is 5.32 Å². The van der Waals surface area contributed by atoms with Crippen LogP contribution in [0.1, 0.15) is 20.3 Å². The van der Waals surface area contributed by atoms with Crippen LogP contribution in [0.25, 0.3) is 11.4 Å². The van der Waals surface area contributed by atoms with Crippen molar-refractivity contribution in [1.82, 2.24) is 15.3 Å². The first-order valence-electron chi connectivity index (χ1n) is 9.29. The first kappa shape index (κ1) is 21.1. The van der Waals surface area contributed by atoms with Crippen molar-refractivity contribution in [3.63, 3.8) is 0 Å². The fourth-order valence-electron chi connectivity index (χ4n) is 2.62. The van der Waals surface area contributed by atoms with E-state index in [1.54, 1.807) is 30.3 Å². The minimum absolute atomic E-state index is 0.00360. The number of thioether (sulfide) groups is 1. The van der Waals surface area contributed by atoms with Crippen molar-refractivity contribution in [2.24, 2.45) is 0 Å². The van der Waals surface area contributed by atoms with Crippen molar-refractivity contribution in [2.75, 3.05) is 5.75 Å². The van der Waals surface area contributed by atoms with Crippen LogP contribution in [-0.4, -0.2) is 36.1 Å². The zero-order chi connectivity index (χ0) is 20.9. The normalized spacial score (nSPS) is 12.5. The Morgan fingerprint density at radius 2 is 1.72 bits per heavy atom. The largest absolute Gasteiger partial charge is 0.353 e. The molecule has 29 heavy (non-hydrogen) atoms. The first-order valence-corrected chi connectivity index (χ1v) is 11.8. The third-order valence-corrected chi connectivity index (χ3v) is 7.20. The van der Waals surface area contributed by atoms with Crippen molar-refractivity contribution in [1.29, 1.82) is 0 Å². The molecule has 0 fully saturated rings. The number of carbonyl (C=O) groups is 1. The number of aromatic amines is 1. The van der Waals surface area contributed by atoms with Gasteiger partial charge in [0.1, 0.15) is 10.9 Å². The van der Waals surface area contributed by atoms with Gasteiger partial charge in [-0.05, 0) is 25.5 Å². The van der Waals surface area contributed by atoms with E-state index >= 15 is 0 Å². The molecular formula is C21H23N3O3S2. The van der Waals surface area contributed by atoms with Crippen LogP contribution in [0, 0.1) is 0 Å². The van der Waals surface area contributed by atoms with Crippen molar-refractivity contribution in [2.45, 2.75) is 41.3 Å². The highest BCUT2D eigenvalue weighted by molar-refractivity contribution is 8.00. The molecule has 8 heteroatoms. The summed E-state index contributed by atoms with van der Waals surface area (Å²) in [5.41, 5.74) is 0.771. The number of benzene rings is 2. The van der Waals surface area contributed by atoms with Crippen LogP contribution in [0.3, 0.4) is 0 Å². The summed E-state index contributed by atoms with van der Waals surface area (Å²) in [6.07, 6.45) is 0.824. The predicted octanol–water partition coefficient (Wildman–Crippen LogP) is 3.92. The number of H-pyrrole nitrogens is 1. The van der Waals surface area contributed by atoms with E-state index in [0.29, 0.717) is 5.82 Å². The monoisotopic (exact) mass is 429 g/mol. The number of hydrogen-bond donors (Lipinski definition) is 2. The molecule has 0 saturated carbocycles. The summed E-state index contributed by atoms with van der Waals surface area (Å²) in [7, 11) is -3.80. The third kappa shape index (κ3) is 5.07. The molecular weight excluding hydrogens is 406 g/mol. The van der Waals surface area contributed by atoms with E-state index in [9.17, 15) is 13.2 Å². The fourth-order valence-corrected chi connectivity index (χ4v) is 5.08. The van der Waals surface area contributed by atoms with E-state index in [-0.39, 0.29) is 32.6 Å². The van der Waals surface area contributed by atoms with Gasteiger partial charge in [0.25, 0.3) is 0 Å². The molecule has 2 aromatic carbocycles. The van der Waals surface area contributed by atoms with Gasteiger partial charge >= 0.3 is 0 Å². The van der Waals surface area contributed by atoms with Gasteiger partial charge in [0.2, 0.25) is 15.7 Å². The predicted molar refractivity (Wildman–Crippen MR) is 115 cm³/mol. The van der Waals surface area contributed by atoms with Crippen molar-refractivity contribution < 1.29 is 13.2 Å². The molecule has 1 amide bonds. The van der Waals surface area contributed by atoms with Crippen molar-refractivity contribution >= 4 is 27.5 Å². The Hall–Kier alpha value is -2.58. The van der Waals surface area contributed by atoms with Gasteiger partial charge in [0.15, 0.2) is 5.03 Å². The zero-order valence-corrected chi connectivity index (χ0v) is 17.9. The zero-order valence-electron chi connectivity index (χ0n) is 16.3.